The molecule has 0 saturated heterocycles. The van der Waals surface area contributed by atoms with Crippen LogP contribution in [0.5, 0.6) is 5.75 Å². The van der Waals surface area contributed by atoms with E-state index in [-0.39, 0.29) is 22.9 Å². The Balaban J connectivity index is 2.61. The van der Waals surface area contributed by atoms with Crippen LogP contribution in [0.2, 0.25) is 5.02 Å². The van der Waals surface area contributed by atoms with Gasteiger partial charge in [-0.15, -0.1) is 0 Å². The average Bonchev–Trinajstić information content (AvgIpc) is 2.36. The molecule has 1 aromatic carbocycles. The number of amides is 1. The Morgan fingerprint density at radius 2 is 2.00 bits per heavy atom. The highest BCUT2D eigenvalue weighted by atomic mass is 35.5. The zero-order chi connectivity index (χ0) is 16.2. The molecule has 0 aliphatic heterocycles. The highest BCUT2D eigenvalue weighted by Gasteiger charge is 2.23. The van der Waals surface area contributed by atoms with Crippen molar-refractivity contribution >= 4 is 17.7 Å². The van der Waals surface area contributed by atoms with Crippen LogP contribution in [-0.4, -0.2) is 39.7 Å². The molecule has 2 atom stereocenters. The number of ether oxygens (including phenoxy) is 1. The first-order valence-corrected chi connectivity index (χ1v) is 6.80. The molecule has 1 amide bonds. The Kier molecular flexibility index (Phi) is 5.83. The van der Waals surface area contributed by atoms with Crippen molar-refractivity contribution in [1.29, 1.82) is 0 Å². The van der Waals surface area contributed by atoms with Crippen LogP contribution < -0.4 is 5.32 Å². The third kappa shape index (κ3) is 5.41. The number of aromatic hydroxyl groups is 1. The summed E-state index contributed by atoms with van der Waals surface area (Å²) in [5.41, 5.74) is -0.475. The van der Waals surface area contributed by atoms with Gasteiger partial charge in [-0.2, -0.15) is 0 Å². The molecule has 6 nitrogen and oxygen atoms in total. The summed E-state index contributed by atoms with van der Waals surface area (Å²) in [6.07, 6.45) is -3.34. The molecular weight excluding hydrogens is 298 g/mol. The molecule has 1 aromatic rings. The Morgan fingerprint density at radius 3 is 2.57 bits per heavy atom. The van der Waals surface area contributed by atoms with E-state index in [0.717, 1.165) is 0 Å². The van der Waals surface area contributed by atoms with E-state index in [4.69, 9.17) is 16.3 Å². The zero-order valence-corrected chi connectivity index (χ0v) is 12.9. The number of carbonyl (C=O) groups is 1. The fourth-order valence-electron chi connectivity index (χ4n) is 1.59. The lowest BCUT2D eigenvalue weighted by Gasteiger charge is -2.22. The molecule has 0 spiro atoms. The van der Waals surface area contributed by atoms with E-state index < -0.39 is 23.9 Å². The van der Waals surface area contributed by atoms with Gasteiger partial charge in [0.2, 0.25) is 0 Å². The summed E-state index contributed by atoms with van der Waals surface area (Å²) in [5.74, 6) is -0.194. The van der Waals surface area contributed by atoms with Crippen LogP contribution in [0.25, 0.3) is 0 Å². The summed E-state index contributed by atoms with van der Waals surface area (Å²) in [6, 6.07) is 4.33. The highest BCUT2D eigenvalue weighted by molar-refractivity contribution is 6.32. The largest absolute Gasteiger partial charge is 0.506 e. The van der Waals surface area contributed by atoms with Crippen LogP contribution >= 0.6 is 11.6 Å². The zero-order valence-electron chi connectivity index (χ0n) is 12.1. The van der Waals surface area contributed by atoms with Gasteiger partial charge in [0.05, 0.1) is 5.02 Å². The topological polar surface area (TPSA) is 99.0 Å². The van der Waals surface area contributed by atoms with Gasteiger partial charge in [-0.05, 0) is 26.8 Å². The quantitative estimate of drug-likeness (QED) is 0.680. The molecule has 0 aliphatic carbocycles. The van der Waals surface area contributed by atoms with Crippen LogP contribution in [0.1, 0.15) is 32.4 Å². The van der Waals surface area contributed by atoms with Crippen molar-refractivity contribution in [3.05, 3.63) is 28.8 Å². The van der Waals surface area contributed by atoms with E-state index in [1.165, 1.54) is 18.2 Å². The minimum absolute atomic E-state index is 0.0404. The predicted octanol–water partition coefficient (Wildman–Crippen LogP) is 1.96. The lowest BCUT2D eigenvalue weighted by Crippen LogP contribution is -2.38. The third-order valence-electron chi connectivity index (χ3n) is 2.55. The SMILES string of the molecule is CC(C)(C)OC(=O)NCC(O)C(O)c1cccc(O)c1Cl. The second-order valence-electron chi connectivity index (χ2n) is 5.58. The van der Waals surface area contributed by atoms with Gasteiger partial charge in [0.15, 0.2) is 0 Å². The van der Waals surface area contributed by atoms with Crippen LogP contribution in [0, 0.1) is 0 Å². The predicted molar refractivity (Wildman–Crippen MR) is 78.3 cm³/mol. The van der Waals surface area contributed by atoms with Crippen molar-refractivity contribution < 1.29 is 24.9 Å². The summed E-state index contributed by atoms with van der Waals surface area (Å²) in [6.45, 7) is 4.92. The number of aliphatic hydroxyl groups is 2. The number of aliphatic hydroxyl groups excluding tert-OH is 2. The van der Waals surface area contributed by atoms with Gasteiger partial charge in [-0.1, -0.05) is 23.7 Å². The van der Waals surface area contributed by atoms with Gasteiger partial charge >= 0.3 is 6.09 Å². The lowest BCUT2D eigenvalue weighted by molar-refractivity contribution is 0.0129. The Labute approximate surface area is 128 Å². The second kappa shape index (κ2) is 6.98. The Morgan fingerprint density at radius 1 is 1.38 bits per heavy atom. The number of hydrogen-bond donors (Lipinski definition) is 4. The minimum Gasteiger partial charge on any atom is -0.506 e. The van der Waals surface area contributed by atoms with Crippen LogP contribution in [0.3, 0.4) is 0 Å². The molecular formula is C14H20ClNO5. The van der Waals surface area contributed by atoms with Gasteiger partial charge in [0, 0.05) is 12.1 Å². The van der Waals surface area contributed by atoms with Crippen LogP contribution in [0.15, 0.2) is 18.2 Å². The van der Waals surface area contributed by atoms with Gasteiger partial charge in [0.1, 0.15) is 23.6 Å². The number of phenols is 1. The fourth-order valence-corrected chi connectivity index (χ4v) is 1.82. The first-order chi connectivity index (χ1) is 9.61. The maximum atomic E-state index is 11.5. The van der Waals surface area contributed by atoms with Crippen molar-refractivity contribution in [2.45, 2.75) is 38.6 Å². The normalized spacial score (nSPS) is 14.4. The summed E-state index contributed by atoms with van der Waals surface area (Å²) >= 11 is 5.85. The molecule has 0 saturated carbocycles. The van der Waals surface area contributed by atoms with Crippen molar-refractivity contribution in [3.8, 4) is 5.75 Å². The molecule has 118 valence electrons. The summed E-state index contributed by atoms with van der Waals surface area (Å²) in [7, 11) is 0. The Hall–Kier alpha value is -1.50. The van der Waals surface area contributed by atoms with Crippen molar-refractivity contribution in [3.63, 3.8) is 0 Å². The van der Waals surface area contributed by atoms with E-state index in [9.17, 15) is 20.1 Å². The van der Waals surface area contributed by atoms with E-state index in [1.54, 1.807) is 20.8 Å². The smallest absolute Gasteiger partial charge is 0.407 e. The maximum Gasteiger partial charge on any atom is 0.407 e. The molecule has 0 aromatic heterocycles. The molecule has 0 bridgehead atoms. The number of nitrogens with one attached hydrogen (secondary N) is 1. The molecule has 0 aliphatic rings. The minimum atomic E-state index is -1.35. The van der Waals surface area contributed by atoms with E-state index in [1.807, 2.05) is 0 Å². The van der Waals surface area contributed by atoms with Crippen LogP contribution in [-0.2, 0) is 4.74 Å². The molecule has 7 heteroatoms. The molecule has 0 heterocycles. The van der Waals surface area contributed by atoms with Gasteiger partial charge in [-0.3, -0.25) is 0 Å². The van der Waals surface area contributed by atoms with Gasteiger partial charge < -0.3 is 25.4 Å². The third-order valence-corrected chi connectivity index (χ3v) is 2.96. The summed E-state index contributed by atoms with van der Waals surface area (Å²) < 4.78 is 5.01. The first kappa shape index (κ1) is 17.6. The number of alkyl carbamates (subject to hydrolysis) is 1. The van der Waals surface area contributed by atoms with Crippen molar-refractivity contribution in [1.82, 2.24) is 5.32 Å². The number of phenolic OH excluding ortho intramolecular Hbond substituents is 1. The van der Waals surface area contributed by atoms with Crippen molar-refractivity contribution in [2.24, 2.45) is 0 Å². The summed E-state index contributed by atoms with van der Waals surface area (Å²) in [4.78, 5) is 11.5. The van der Waals surface area contributed by atoms with Crippen molar-refractivity contribution in [2.75, 3.05) is 6.54 Å². The van der Waals surface area contributed by atoms with Crippen LogP contribution in [0.4, 0.5) is 4.79 Å². The van der Waals surface area contributed by atoms with E-state index >= 15 is 0 Å². The number of halogens is 1. The fraction of sp³-hybridized carbons (Fsp3) is 0.500. The highest BCUT2D eigenvalue weighted by Crippen LogP contribution is 2.32. The van der Waals surface area contributed by atoms with E-state index in [0.29, 0.717) is 0 Å². The average molecular weight is 318 g/mol. The monoisotopic (exact) mass is 317 g/mol. The molecule has 4 N–H and O–H groups in total. The maximum absolute atomic E-state index is 11.5. The van der Waals surface area contributed by atoms with E-state index in [2.05, 4.69) is 5.32 Å². The lowest BCUT2D eigenvalue weighted by atomic mass is 10.0. The summed E-state index contributed by atoms with van der Waals surface area (Å²) in [5, 5.41) is 31.6. The second-order valence-corrected chi connectivity index (χ2v) is 5.95. The number of hydrogen-bond acceptors (Lipinski definition) is 5. The number of benzene rings is 1. The Bertz CT molecular complexity index is 501. The van der Waals surface area contributed by atoms with Gasteiger partial charge in [-0.25, -0.2) is 4.79 Å². The number of rotatable bonds is 4. The molecule has 2 unspecified atom stereocenters. The standard InChI is InChI=1S/C14H20ClNO5/c1-14(2,3)21-13(20)16-7-10(18)12(19)8-5-4-6-9(17)11(8)15/h4-6,10,12,17-19H,7H2,1-3H3,(H,16,20). The molecule has 0 radical (unpaired) electrons. The van der Waals surface area contributed by atoms with Gasteiger partial charge in [0.25, 0.3) is 0 Å². The molecule has 0 fully saturated rings. The number of carbonyl (C=O) groups excluding carboxylic acids is 1. The first-order valence-electron chi connectivity index (χ1n) is 6.42. The molecule has 1 rings (SSSR count). The molecule has 21 heavy (non-hydrogen) atoms.